The summed E-state index contributed by atoms with van der Waals surface area (Å²) in [5.74, 6) is 1.63. The molecule has 3 aromatic rings. The highest BCUT2D eigenvalue weighted by Crippen LogP contribution is 2.38. The quantitative estimate of drug-likeness (QED) is 0.365. The lowest BCUT2D eigenvalue weighted by Crippen LogP contribution is -2.10. The fourth-order valence-corrected chi connectivity index (χ4v) is 4.32. The van der Waals surface area contributed by atoms with Crippen molar-refractivity contribution in [3.05, 3.63) is 72.2 Å². The van der Waals surface area contributed by atoms with Crippen molar-refractivity contribution in [1.29, 1.82) is 0 Å². The molecule has 0 amide bonds. The van der Waals surface area contributed by atoms with Crippen molar-refractivity contribution in [3.63, 3.8) is 0 Å². The van der Waals surface area contributed by atoms with Crippen molar-refractivity contribution in [2.24, 2.45) is 11.8 Å². The molecule has 1 heterocycles. The molecular formula is C27H34FN. The van der Waals surface area contributed by atoms with E-state index in [-0.39, 0.29) is 5.82 Å². The minimum atomic E-state index is -0.192. The van der Waals surface area contributed by atoms with Gasteiger partial charge in [0.2, 0.25) is 0 Å². The van der Waals surface area contributed by atoms with Crippen LogP contribution < -0.4 is 0 Å². The van der Waals surface area contributed by atoms with Gasteiger partial charge in [0.1, 0.15) is 5.82 Å². The molecule has 0 fully saturated rings. The lowest BCUT2D eigenvalue weighted by Gasteiger charge is -2.20. The molecule has 0 bridgehead atoms. The second-order valence-corrected chi connectivity index (χ2v) is 9.03. The summed E-state index contributed by atoms with van der Waals surface area (Å²) in [4.78, 5) is 0. The van der Waals surface area contributed by atoms with Gasteiger partial charge in [-0.3, -0.25) is 0 Å². The molecule has 2 aromatic carbocycles. The number of rotatable bonds is 8. The zero-order chi connectivity index (χ0) is 21.0. The van der Waals surface area contributed by atoms with Crippen LogP contribution in [-0.4, -0.2) is 4.57 Å². The van der Waals surface area contributed by atoms with Gasteiger partial charge < -0.3 is 4.57 Å². The van der Waals surface area contributed by atoms with Crippen molar-refractivity contribution in [3.8, 4) is 22.4 Å². The normalized spacial score (nSPS) is 12.7. The Hall–Kier alpha value is -2.35. The fourth-order valence-electron chi connectivity index (χ4n) is 4.32. The Kier molecular flexibility index (Phi) is 6.95. The van der Waals surface area contributed by atoms with Crippen LogP contribution in [0.5, 0.6) is 0 Å². The van der Waals surface area contributed by atoms with E-state index in [1.165, 1.54) is 28.9 Å². The van der Waals surface area contributed by atoms with E-state index < -0.39 is 0 Å². The third-order valence-electron chi connectivity index (χ3n) is 5.64. The lowest BCUT2D eigenvalue weighted by atomic mass is 9.96. The molecule has 0 saturated heterocycles. The Balaban J connectivity index is 2.11. The van der Waals surface area contributed by atoms with E-state index in [1.54, 1.807) is 12.1 Å². The third-order valence-corrected chi connectivity index (χ3v) is 5.64. The Labute approximate surface area is 175 Å². The van der Waals surface area contributed by atoms with Crippen LogP contribution in [0.25, 0.3) is 22.4 Å². The zero-order valence-electron chi connectivity index (χ0n) is 18.5. The number of nitrogens with zero attached hydrogens (tertiary/aromatic N) is 1. The number of halogens is 1. The van der Waals surface area contributed by atoms with Crippen LogP contribution in [0, 0.1) is 17.7 Å². The average molecular weight is 392 g/mol. The smallest absolute Gasteiger partial charge is 0.123 e. The minimum Gasteiger partial charge on any atom is -0.344 e. The number of benzene rings is 2. The van der Waals surface area contributed by atoms with Gasteiger partial charge in [-0.2, -0.15) is 0 Å². The van der Waals surface area contributed by atoms with E-state index in [0.29, 0.717) is 11.8 Å². The lowest BCUT2D eigenvalue weighted by molar-refractivity contribution is 0.391. The molecule has 154 valence electrons. The summed E-state index contributed by atoms with van der Waals surface area (Å²) < 4.78 is 16.1. The molecule has 0 N–H and O–H groups in total. The van der Waals surface area contributed by atoms with Gasteiger partial charge in [0.05, 0.1) is 5.69 Å². The predicted octanol–water partition coefficient (Wildman–Crippen LogP) is 8.16. The van der Waals surface area contributed by atoms with Crippen molar-refractivity contribution in [2.45, 2.75) is 59.9 Å². The summed E-state index contributed by atoms with van der Waals surface area (Å²) in [7, 11) is 0. The standard InChI is InChI=1S/C27H34FN/c1-19(2)17-21(5)15-16-29-26(20(3)4)18-25(22-9-7-6-8-10-22)27(29)23-11-13-24(28)14-12-23/h6-14,18-21H,15-17H2,1-5H3/t21-/m1/s1. The van der Waals surface area contributed by atoms with Gasteiger partial charge in [-0.25, -0.2) is 4.39 Å². The summed E-state index contributed by atoms with van der Waals surface area (Å²) >= 11 is 0. The number of aromatic nitrogens is 1. The van der Waals surface area contributed by atoms with E-state index in [4.69, 9.17) is 0 Å². The SMILES string of the molecule is CC(C)C[C@H](C)CCn1c(C(C)C)cc(-c2ccccc2)c1-c1ccc(F)cc1. The van der Waals surface area contributed by atoms with Crippen LogP contribution >= 0.6 is 0 Å². The van der Waals surface area contributed by atoms with E-state index >= 15 is 0 Å². The largest absolute Gasteiger partial charge is 0.344 e. The highest BCUT2D eigenvalue weighted by Gasteiger charge is 2.20. The Morgan fingerprint density at radius 1 is 0.828 bits per heavy atom. The highest BCUT2D eigenvalue weighted by atomic mass is 19.1. The summed E-state index contributed by atoms with van der Waals surface area (Å²) in [6.07, 6.45) is 2.39. The molecular weight excluding hydrogens is 357 g/mol. The maximum atomic E-state index is 13.6. The minimum absolute atomic E-state index is 0.192. The molecule has 1 aromatic heterocycles. The summed E-state index contributed by atoms with van der Waals surface area (Å²) in [6, 6.07) is 19.8. The maximum absolute atomic E-state index is 13.6. The maximum Gasteiger partial charge on any atom is 0.123 e. The Morgan fingerprint density at radius 2 is 1.48 bits per heavy atom. The highest BCUT2D eigenvalue weighted by molar-refractivity contribution is 5.82. The van der Waals surface area contributed by atoms with Crippen LogP contribution in [0.4, 0.5) is 4.39 Å². The molecule has 0 unspecified atom stereocenters. The third kappa shape index (κ3) is 5.18. The predicted molar refractivity (Wildman–Crippen MR) is 123 cm³/mol. The molecule has 1 atom stereocenters. The second-order valence-electron chi connectivity index (χ2n) is 9.03. The summed E-state index contributed by atoms with van der Waals surface area (Å²) in [6.45, 7) is 12.4. The van der Waals surface area contributed by atoms with E-state index in [9.17, 15) is 4.39 Å². The molecule has 0 spiro atoms. The van der Waals surface area contributed by atoms with Crippen molar-refractivity contribution in [1.82, 2.24) is 4.57 Å². The van der Waals surface area contributed by atoms with Gasteiger partial charge in [0.25, 0.3) is 0 Å². The summed E-state index contributed by atoms with van der Waals surface area (Å²) in [5, 5.41) is 0. The van der Waals surface area contributed by atoms with Crippen molar-refractivity contribution < 1.29 is 4.39 Å². The van der Waals surface area contributed by atoms with Crippen molar-refractivity contribution in [2.75, 3.05) is 0 Å². The van der Waals surface area contributed by atoms with E-state index in [1.807, 2.05) is 12.1 Å². The first-order valence-electron chi connectivity index (χ1n) is 10.9. The Morgan fingerprint density at radius 3 is 2.07 bits per heavy atom. The molecule has 0 aliphatic rings. The average Bonchev–Trinajstić information content (AvgIpc) is 3.07. The van der Waals surface area contributed by atoms with Crippen LogP contribution in [0.3, 0.4) is 0 Å². The first-order valence-corrected chi connectivity index (χ1v) is 10.9. The molecule has 1 nitrogen and oxygen atoms in total. The fraction of sp³-hybridized carbons (Fsp3) is 0.407. The molecule has 0 saturated carbocycles. The van der Waals surface area contributed by atoms with Crippen LogP contribution in [0.1, 0.15) is 59.1 Å². The van der Waals surface area contributed by atoms with Gasteiger partial charge >= 0.3 is 0 Å². The topological polar surface area (TPSA) is 4.93 Å². The first-order chi connectivity index (χ1) is 13.9. The van der Waals surface area contributed by atoms with Gasteiger partial charge in [0, 0.05) is 17.8 Å². The molecule has 2 heteroatoms. The van der Waals surface area contributed by atoms with Crippen LogP contribution in [0.2, 0.25) is 0 Å². The molecule has 0 aliphatic carbocycles. The van der Waals surface area contributed by atoms with Crippen LogP contribution in [-0.2, 0) is 6.54 Å². The van der Waals surface area contributed by atoms with Gasteiger partial charge in [-0.15, -0.1) is 0 Å². The zero-order valence-corrected chi connectivity index (χ0v) is 18.5. The second kappa shape index (κ2) is 9.43. The Bertz CT molecular complexity index is 904. The summed E-state index contributed by atoms with van der Waals surface area (Å²) in [5.41, 5.74) is 6.07. The molecule has 0 radical (unpaired) electrons. The molecule has 3 rings (SSSR count). The molecule has 0 aliphatic heterocycles. The monoisotopic (exact) mass is 391 g/mol. The first kappa shape index (κ1) is 21.4. The van der Waals surface area contributed by atoms with E-state index in [0.717, 1.165) is 24.4 Å². The van der Waals surface area contributed by atoms with Crippen LogP contribution in [0.15, 0.2) is 60.7 Å². The van der Waals surface area contributed by atoms with Gasteiger partial charge in [-0.05, 0) is 72.1 Å². The van der Waals surface area contributed by atoms with E-state index in [2.05, 4.69) is 75.6 Å². The van der Waals surface area contributed by atoms with Crippen molar-refractivity contribution >= 4 is 0 Å². The van der Waals surface area contributed by atoms with Gasteiger partial charge in [-0.1, -0.05) is 65.0 Å². The number of hydrogen-bond donors (Lipinski definition) is 0. The number of hydrogen-bond acceptors (Lipinski definition) is 0. The van der Waals surface area contributed by atoms with Gasteiger partial charge in [0.15, 0.2) is 0 Å². The molecule has 29 heavy (non-hydrogen) atoms.